The summed E-state index contributed by atoms with van der Waals surface area (Å²) in [6.45, 7) is 10.3. The zero-order valence-corrected chi connectivity index (χ0v) is 22.0. The summed E-state index contributed by atoms with van der Waals surface area (Å²) in [5, 5.41) is 12.8. The monoisotopic (exact) mass is 498 g/mol. The molecule has 0 fully saturated rings. The molecule has 0 aliphatic carbocycles. The van der Waals surface area contributed by atoms with Gasteiger partial charge in [0.2, 0.25) is 0 Å². The number of fused-ring (bicyclic) bond motifs is 1. The maximum atomic E-state index is 13.1. The van der Waals surface area contributed by atoms with Crippen molar-refractivity contribution in [2.24, 2.45) is 5.92 Å². The fourth-order valence-corrected chi connectivity index (χ4v) is 4.17. The van der Waals surface area contributed by atoms with E-state index in [1.165, 1.54) is 0 Å². The number of ether oxygens (including phenoxy) is 1. The van der Waals surface area contributed by atoms with Gasteiger partial charge in [0.1, 0.15) is 5.82 Å². The quantitative estimate of drug-likeness (QED) is 0.277. The Morgan fingerprint density at radius 3 is 2.46 bits per heavy atom. The van der Waals surface area contributed by atoms with Crippen LogP contribution in [-0.2, 0) is 21.4 Å². The smallest absolute Gasteiger partial charge is 0.324 e. The fraction of sp³-hybridized carbons (Fsp3) is 0.300. The zero-order chi connectivity index (χ0) is 26.6. The van der Waals surface area contributed by atoms with E-state index in [4.69, 9.17) is 9.84 Å². The number of hydrogen-bond acceptors (Lipinski definition) is 4. The number of carbonyl (C=O) groups excluding carboxylic acids is 2. The van der Waals surface area contributed by atoms with Crippen molar-refractivity contribution in [1.29, 1.82) is 0 Å². The van der Waals surface area contributed by atoms with E-state index in [-0.39, 0.29) is 23.3 Å². The molecule has 0 saturated heterocycles. The molecule has 1 atom stereocenters. The van der Waals surface area contributed by atoms with Crippen LogP contribution in [0.25, 0.3) is 16.5 Å². The van der Waals surface area contributed by atoms with Crippen LogP contribution in [0.15, 0.2) is 72.8 Å². The number of aromatic nitrogens is 2. The zero-order valence-electron chi connectivity index (χ0n) is 22.0. The van der Waals surface area contributed by atoms with Gasteiger partial charge in [0.15, 0.2) is 0 Å². The van der Waals surface area contributed by atoms with Crippen LogP contribution >= 0.6 is 0 Å². The van der Waals surface area contributed by atoms with Crippen molar-refractivity contribution in [2.45, 2.75) is 46.5 Å². The van der Waals surface area contributed by atoms with E-state index in [9.17, 15) is 9.59 Å². The van der Waals surface area contributed by atoms with Gasteiger partial charge in [-0.05, 0) is 42.5 Å². The number of anilines is 2. The van der Waals surface area contributed by atoms with Gasteiger partial charge in [-0.2, -0.15) is 5.10 Å². The Morgan fingerprint density at radius 2 is 1.70 bits per heavy atom. The van der Waals surface area contributed by atoms with Crippen LogP contribution in [0.1, 0.15) is 45.9 Å². The van der Waals surface area contributed by atoms with Gasteiger partial charge in [-0.25, -0.2) is 9.48 Å². The summed E-state index contributed by atoms with van der Waals surface area (Å²) in [7, 11) is 0. The molecule has 1 unspecified atom stereocenters. The highest BCUT2D eigenvalue weighted by atomic mass is 16.5. The molecule has 7 nitrogen and oxygen atoms in total. The third-order valence-corrected chi connectivity index (χ3v) is 6.14. The highest BCUT2D eigenvalue weighted by molar-refractivity contribution is 6.06. The van der Waals surface area contributed by atoms with Gasteiger partial charge in [0.25, 0.3) is 0 Å². The van der Waals surface area contributed by atoms with Crippen LogP contribution in [0.5, 0.6) is 0 Å². The molecule has 0 radical (unpaired) electrons. The second-order valence-electron chi connectivity index (χ2n) is 10.2. The summed E-state index contributed by atoms with van der Waals surface area (Å²) in [6, 6.07) is 23.1. The summed E-state index contributed by atoms with van der Waals surface area (Å²) in [6.07, 6.45) is 0.546. The normalized spacial score (nSPS) is 12.2. The minimum Gasteiger partial charge on any atom is -0.466 e. The third-order valence-electron chi connectivity index (χ3n) is 6.14. The number of nitrogens with zero attached hydrogens (tertiary/aromatic N) is 2. The molecule has 4 aromatic rings. The van der Waals surface area contributed by atoms with E-state index in [1.807, 2.05) is 79.7 Å². The maximum absolute atomic E-state index is 13.1. The summed E-state index contributed by atoms with van der Waals surface area (Å²) in [5.74, 6) is 0.0785. The average molecular weight is 499 g/mol. The van der Waals surface area contributed by atoms with E-state index in [1.54, 1.807) is 11.6 Å². The highest BCUT2D eigenvalue weighted by Crippen LogP contribution is 2.28. The molecule has 0 spiro atoms. The fourth-order valence-electron chi connectivity index (χ4n) is 4.17. The maximum Gasteiger partial charge on any atom is 0.324 e. The molecule has 2 amide bonds. The Bertz CT molecular complexity index is 1410. The predicted octanol–water partition coefficient (Wildman–Crippen LogP) is 6.71. The Hall–Kier alpha value is -4.13. The molecule has 2 N–H and O–H groups in total. The second-order valence-corrected chi connectivity index (χ2v) is 10.2. The molecule has 0 aliphatic heterocycles. The molecule has 1 aromatic heterocycles. The molecule has 0 bridgehead atoms. The molecular weight excluding hydrogens is 464 g/mol. The van der Waals surface area contributed by atoms with Gasteiger partial charge in [-0.1, -0.05) is 76.2 Å². The van der Waals surface area contributed by atoms with Crippen LogP contribution in [0.4, 0.5) is 16.3 Å². The van der Waals surface area contributed by atoms with Gasteiger partial charge in [0, 0.05) is 16.9 Å². The van der Waals surface area contributed by atoms with Crippen molar-refractivity contribution >= 4 is 34.3 Å². The lowest BCUT2D eigenvalue weighted by Gasteiger charge is -2.14. The standard InChI is InChI=1S/C30H34N4O3/c1-6-37-28(35)20(2)17-21-11-9-14-23(18-21)34-27(19-26(33-34)30(3,4)5)32-29(36)31-25-16-10-13-22-12-7-8-15-24(22)25/h7-16,18-20H,6,17H2,1-5H3,(H2,31,32,36). The van der Waals surface area contributed by atoms with E-state index >= 15 is 0 Å². The molecular formula is C30H34N4O3. The molecule has 192 valence electrons. The van der Waals surface area contributed by atoms with Gasteiger partial charge in [-0.15, -0.1) is 0 Å². The second kappa shape index (κ2) is 10.9. The van der Waals surface area contributed by atoms with Crippen molar-refractivity contribution < 1.29 is 14.3 Å². The first-order valence-corrected chi connectivity index (χ1v) is 12.6. The topological polar surface area (TPSA) is 85.2 Å². The highest BCUT2D eigenvalue weighted by Gasteiger charge is 2.22. The van der Waals surface area contributed by atoms with E-state index in [0.29, 0.717) is 18.8 Å². The van der Waals surface area contributed by atoms with Gasteiger partial charge in [0.05, 0.1) is 29.6 Å². The molecule has 7 heteroatoms. The van der Waals surface area contributed by atoms with Crippen molar-refractivity contribution in [2.75, 3.05) is 17.2 Å². The molecule has 4 rings (SSSR count). The lowest BCUT2D eigenvalue weighted by Crippen LogP contribution is -2.21. The van der Waals surface area contributed by atoms with Crippen molar-refractivity contribution in [3.63, 3.8) is 0 Å². The molecule has 0 aliphatic rings. The van der Waals surface area contributed by atoms with E-state index < -0.39 is 0 Å². The number of carbonyl (C=O) groups is 2. The van der Waals surface area contributed by atoms with Gasteiger partial charge < -0.3 is 10.1 Å². The summed E-state index contributed by atoms with van der Waals surface area (Å²) in [4.78, 5) is 25.2. The van der Waals surface area contributed by atoms with Crippen LogP contribution < -0.4 is 10.6 Å². The molecule has 3 aromatic carbocycles. The summed E-state index contributed by atoms with van der Waals surface area (Å²) >= 11 is 0. The Morgan fingerprint density at radius 1 is 0.973 bits per heavy atom. The first kappa shape index (κ1) is 25.9. The third kappa shape index (κ3) is 6.17. The predicted molar refractivity (Wildman–Crippen MR) is 148 cm³/mol. The minimum atomic E-state index is -0.356. The number of nitrogens with one attached hydrogen (secondary N) is 2. The molecule has 1 heterocycles. The van der Waals surface area contributed by atoms with Crippen LogP contribution in [0.2, 0.25) is 0 Å². The summed E-state index contributed by atoms with van der Waals surface area (Å²) in [5.41, 5.74) is 3.14. The Kier molecular flexibility index (Phi) is 7.62. The number of hydrogen-bond donors (Lipinski definition) is 2. The van der Waals surface area contributed by atoms with E-state index in [2.05, 4.69) is 31.4 Å². The molecule has 37 heavy (non-hydrogen) atoms. The van der Waals surface area contributed by atoms with Crippen LogP contribution in [0.3, 0.4) is 0 Å². The van der Waals surface area contributed by atoms with Crippen LogP contribution in [-0.4, -0.2) is 28.4 Å². The first-order chi connectivity index (χ1) is 17.7. The van der Waals surface area contributed by atoms with Gasteiger partial charge >= 0.3 is 12.0 Å². The van der Waals surface area contributed by atoms with Crippen molar-refractivity contribution in [3.05, 3.63) is 84.1 Å². The largest absolute Gasteiger partial charge is 0.466 e. The SMILES string of the molecule is CCOC(=O)C(C)Cc1cccc(-n2nc(C(C)(C)C)cc2NC(=O)Nc2cccc3ccccc23)c1. The number of urea groups is 1. The molecule has 0 saturated carbocycles. The Labute approximate surface area is 217 Å². The van der Waals surface area contributed by atoms with Gasteiger partial charge in [-0.3, -0.25) is 10.1 Å². The lowest BCUT2D eigenvalue weighted by atomic mass is 9.92. The Balaban J connectivity index is 1.62. The average Bonchev–Trinajstić information content (AvgIpc) is 3.29. The van der Waals surface area contributed by atoms with Crippen LogP contribution in [0, 0.1) is 5.92 Å². The minimum absolute atomic E-state index is 0.213. The lowest BCUT2D eigenvalue weighted by molar-refractivity contribution is -0.147. The van der Waals surface area contributed by atoms with E-state index in [0.717, 1.165) is 33.4 Å². The van der Waals surface area contributed by atoms with Crippen molar-refractivity contribution in [1.82, 2.24) is 9.78 Å². The van der Waals surface area contributed by atoms with Crippen molar-refractivity contribution in [3.8, 4) is 5.69 Å². The first-order valence-electron chi connectivity index (χ1n) is 12.6. The summed E-state index contributed by atoms with van der Waals surface area (Å²) < 4.78 is 6.90. The number of rotatable bonds is 7. The number of benzene rings is 3. The number of amides is 2. The number of esters is 1.